The molecule has 0 aliphatic carbocycles. The second-order valence-electron chi connectivity index (χ2n) is 5.77. The van der Waals surface area contributed by atoms with E-state index in [1.807, 2.05) is 18.2 Å². The second kappa shape index (κ2) is 7.24. The topological polar surface area (TPSA) is 71.5 Å². The van der Waals surface area contributed by atoms with E-state index in [4.69, 9.17) is 9.84 Å². The van der Waals surface area contributed by atoms with E-state index in [1.54, 1.807) is 24.4 Å². The summed E-state index contributed by atoms with van der Waals surface area (Å²) in [5.74, 6) is 0.107. The molecule has 120 valence electrons. The van der Waals surface area contributed by atoms with Crippen LogP contribution in [0, 0.1) is 5.92 Å². The predicted octanol–water partition coefficient (Wildman–Crippen LogP) is 2.83. The fourth-order valence-electron chi connectivity index (χ4n) is 2.81. The number of carboxylic acids is 1. The Morgan fingerprint density at radius 3 is 3.04 bits per heavy atom. The summed E-state index contributed by atoms with van der Waals surface area (Å²) in [4.78, 5) is 15.5. The smallest absolute Gasteiger partial charge is 0.335 e. The highest BCUT2D eigenvalue weighted by Crippen LogP contribution is 2.29. The number of piperidine rings is 1. The first kappa shape index (κ1) is 15.5. The van der Waals surface area contributed by atoms with Crippen LogP contribution in [0.4, 0.5) is 0 Å². The van der Waals surface area contributed by atoms with Crippen molar-refractivity contribution in [2.45, 2.75) is 12.8 Å². The van der Waals surface area contributed by atoms with E-state index in [-0.39, 0.29) is 5.56 Å². The van der Waals surface area contributed by atoms with Gasteiger partial charge in [0.05, 0.1) is 12.2 Å². The molecule has 0 saturated carbocycles. The van der Waals surface area contributed by atoms with Crippen LogP contribution >= 0.6 is 0 Å². The number of nitrogens with zero attached hydrogens (tertiary/aromatic N) is 1. The number of hydrogen-bond donors (Lipinski definition) is 2. The lowest BCUT2D eigenvalue weighted by molar-refractivity contribution is 0.0697. The molecule has 1 aromatic carbocycles. The van der Waals surface area contributed by atoms with Crippen LogP contribution in [-0.2, 0) is 0 Å². The average molecular weight is 312 g/mol. The van der Waals surface area contributed by atoms with Gasteiger partial charge in [0.25, 0.3) is 0 Å². The molecule has 1 saturated heterocycles. The standard InChI is InChI=1S/C18H20N2O3/c21-18(22)15-6-1-5-14(10-15)16-7-3-9-20-17(16)23-12-13-4-2-8-19-11-13/h1,3,5-7,9-10,13,19H,2,4,8,11-12H2,(H,21,22). The maximum absolute atomic E-state index is 11.1. The van der Waals surface area contributed by atoms with E-state index < -0.39 is 5.97 Å². The van der Waals surface area contributed by atoms with E-state index in [9.17, 15) is 4.79 Å². The summed E-state index contributed by atoms with van der Waals surface area (Å²) < 4.78 is 5.93. The summed E-state index contributed by atoms with van der Waals surface area (Å²) in [5.41, 5.74) is 1.88. The zero-order valence-electron chi connectivity index (χ0n) is 12.9. The third-order valence-electron chi connectivity index (χ3n) is 4.05. The van der Waals surface area contributed by atoms with Crippen LogP contribution in [0.25, 0.3) is 11.1 Å². The number of ether oxygens (including phenoxy) is 1. The van der Waals surface area contributed by atoms with Gasteiger partial charge in [-0.1, -0.05) is 12.1 Å². The molecule has 2 N–H and O–H groups in total. The fourth-order valence-corrected chi connectivity index (χ4v) is 2.81. The Hall–Kier alpha value is -2.40. The normalized spacial score (nSPS) is 17.7. The van der Waals surface area contributed by atoms with Gasteiger partial charge in [0, 0.05) is 24.2 Å². The van der Waals surface area contributed by atoms with Gasteiger partial charge >= 0.3 is 5.97 Å². The van der Waals surface area contributed by atoms with Crippen molar-refractivity contribution in [2.75, 3.05) is 19.7 Å². The van der Waals surface area contributed by atoms with Crippen molar-refractivity contribution in [1.29, 1.82) is 0 Å². The molecule has 0 radical (unpaired) electrons. The molecule has 0 bridgehead atoms. The van der Waals surface area contributed by atoms with Crippen LogP contribution in [0.2, 0.25) is 0 Å². The van der Waals surface area contributed by atoms with Gasteiger partial charge in [0.15, 0.2) is 0 Å². The molecular formula is C18H20N2O3. The number of aromatic carboxylic acids is 1. The molecule has 1 aliphatic heterocycles. The predicted molar refractivity (Wildman–Crippen MR) is 87.7 cm³/mol. The molecule has 23 heavy (non-hydrogen) atoms. The first-order valence-corrected chi connectivity index (χ1v) is 7.86. The summed E-state index contributed by atoms with van der Waals surface area (Å²) in [6, 6.07) is 10.6. The van der Waals surface area contributed by atoms with Gasteiger partial charge in [-0.05, 0) is 49.2 Å². The molecule has 5 nitrogen and oxygen atoms in total. The maximum Gasteiger partial charge on any atom is 0.335 e. The molecule has 3 rings (SSSR count). The number of benzene rings is 1. The van der Waals surface area contributed by atoms with Crippen LogP contribution < -0.4 is 10.1 Å². The van der Waals surface area contributed by atoms with Crippen molar-refractivity contribution < 1.29 is 14.6 Å². The van der Waals surface area contributed by atoms with Crippen molar-refractivity contribution in [3.8, 4) is 17.0 Å². The van der Waals surface area contributed by atoms with Gasteiger partial charge in [0.2, 0.25) is 5.88 Å². The SMILES string of the molecule is O=C(O)c1cccc(-c2cccnc2OCC2CCCNC2)c1. The molecule has 0 spiro atoms. The van der Waals surface area contributed by atoms with Crippen molar-refractivity contribution in [1.82, 2.24) is 10.3 Å². The highest BCUT2D eigenvalue weighted by molar-refractivity contribution is 5.89. The van der Waals surface area contributed by atoms with Crippen LogP contribution in [0.3, 0.4) is 0 Å². The lowest BCUT2D eigenvalue weighted by Gasteiger charge is -2.23. The van der Waals surface area contributed by atoms with Gasteiger partial charge in [-0.2, -0.15) is 0 Å². The van der Waals surface area contributed by atoms with Crippen LogP contribution in [0.5, 0.6) is 5.88 Å². The number of rotatable bonds is 5. The lowest BCUT2D eigenvalue weighted by atomic mass is 10.0. The minimum absolute atomic E-state index is 0.258. The molecule has 1 unspecified atom stereocenters. The van der Waals surface area contributed by atoms with Gasteiger partial charge in [-0.15, -0.1) is 0 Å². The van der Waals surface area contributed by atoms with Crippen molar-refractivity contribution in [3.63, 3.8) is 0 Å². The summed E-state index contributed by atoms with van der Waals surface area (Å²) in [6.45, 7) is 2.67. The molecule has 2 heterocycles. The second-order valence-corrected chi connectivity index (χ2v) is 5.77. The van der Waals surface area contributed by atoms with E-state index in [2.05, 4.69) is 10.3 Å². The Balaban J connectivity index is 1.80. The molecule has 1 aromatic heterocycles. The molecule has 2 aromatic rings. The highest BCUT2D eigenvalue weighted by atomic mass is 16.5. The molecule has 0 amide bonds. The number of nitrogens with one attached hydrogen (secondary N) is 1. The Morgan fingerprint density at radius 2 is 2.26 bits per heavy atom. The molecule has 1 atom stereocenters. The lowest BCUT2D eigenvalue weighted by Crippen LogP contribution is -2.33. The van der Waals surface area contributed by atoms with E-state index in [1.165, 1.54) is 6.42 Å². The third-order valence-corrected chi connectivity index (χ3v) is 4.05. The molecule has 1 aliphatic rings. The summed E-state index contributed by atoms with van der Waals surface area (Å²) in [5, 5.41) is 12.5. The first-order chi connectivity index (χ1) is 11.2. The van der Waals surface area contributed by atoms with Gasteiger partial charge in [0.1, 0.15) is 0 Å². The minimum atomic E-state index is -0.938. The Morgan fingerprint density at radius 1 is 1.35 bits per heavy atom. The number of hydrogen-bond acceptors (Lipinski definition) is 4. The van der Waals surface area contributed by atoms with Gasteiger partial charge < -0.3 is 15.2 Å². The summed E-state index contributed by atoms with van der Waals surface area (Å²) >= 11 is 0. The Bertz CT molecular complexity index is 681. The first-order valence-electron chi connectivity index (χ1n) is 7.86. The highest BCUT2D eigenvalue weighted by Gasteiger charge is 2.16. The Kier molecular flexibility index (Phi) is 4.88. The minimum Gasteiger partial charge on any atom is -0.478 e. The van der Waals surface area contributed by atoms with Crippen molar-refractivity contribution >= 4 is 5.97 Å². The zero-order chi connectivity index (χ0) is 16.1. The summed E-state index contributed by atoms with van der Waals surface area (Å²) in [6.07, 6.45) is 4.02. The number of carboxylic acid groups (broad SMARTS) is 1. The van der Waals surface area contributed by atoms with Crippen LogP contribution in [-0.4, -0.2) is 35.8 Å². The van der Waals surface area contributed by atoms with Gasteiger partial charge in [-0.3, -0.25) is 0 Å². The molecule has 5 heteroatoms. The Labute approximate surface area is 135 Å². The maximum atomic E-state index is 11.1. The number of pyridine rings is 1. The molecule has 1 fully saturated rings. The summed E-state index contributed by atoms with van der Waals surface area (Å²) in [7, 11) is 0. The largest absolute Gasteiger partial charge is 0.478 e. The third kappa shape index (κ3) is 3.87. The van der Waals surface area contributed by atoms with Crippen molar-refractivity contribution in [3.05, 3.63) is 48.2 Å². The quantitative estimate of drug-likeness (QED) is 0.888. The number of carbonyl (C=O) groups is 1. The molecular weight excluding hydrogens is 292 g/mol. The van der Waals surface area contributed by atoms with E-state index in [0.29, 0.717) is 18.4 Å². The van der Waals surface area contributed by atoms with Gasteiger partial charge in [-0.25, -0.2) is 9.78 Å². The van der Waals surface area contributed by atoms with Crippen LogP contribution in [0.1, 0.15) is 23.2 Å². The average Bonchev–Trinajstić information content (AvgIpc) is 2.61. The zero-order valence-corrected chi connectivity index (χ0v) is 12.9. The monoisotopic (exact) mass is 312 g/mol. The van der Waals surface area contributed by atoms with Crippen LogP contribution in [0.15, 0.2) is 42.6 Å². The van der Waals surface area contributed by atoms with Crippen molar-refractivity contribution in [2.24, 2.45) is 5.92 Å². The van der Waals surface area contributed by atoms with E-state index in [0.717, 1.165) is 30.6 Å². The fraction of sp³-hybridized carbons (Fsp3) is 0.333. The van der Waals surface area contributed by atoms with E-state index >= 15 is 0 Å². The number of aromatic nitrogens is 1.